The molecule has 11 nitrogen and oxygen atoms in total. The maximum absolute atomic E-state index is 13.6. The molecule has 6 atom stereocenters. The van der Waals surface area contributed by atoms with Gasteiger partial charge in [0.25, 0.3) is 0 Å². The number of benzene rings is 2. The zero-order valence-electron chi connectivity index (χ0n) is 24.2. The van der Waals surface area contributed by atoms with Gasteiger partial charge in [-0.15, -0.1) is 0 Å². The van der Waals surface area contributed by atoms with Crippen LogP contribution in [-0.4, -0.2) is 73.6 Å². The summed E-state index contributed by atoms with van der Waals surface area (Å²) in [6, 6.07) is 5.14. The minimum Gasteiger partial charge on any atom is -0.507 e. The molecule has 6 N–H and O–H groups in total. The summed E-state index contributed by atoms with van der Waals surface area (Å²) in [6.07, 6.45) is 1.67. The molecule has 4 aliphatic rings. The van der Waals surface area contributed by atoms with Crippen LogP contribution in [0, 0.1) is 0 Å². The molecule has 0 aromatic heterocycles. The number of fused-ring (bicyclic) bond motifs is 3. The molecule has 2 fully saturated rings. The van der Waals surface area contributed by atoms with Crippen molar-refractivity contribution in [3.05, 3.63) is 57.6 Å². The fourth-order valence-corrected chi connectivity index (χ4v) is 6.73. The largest absolute Gasteiger partial charge is 0.507 e. The summed E-state index contributed by atoms with van der Waals surface area (Å²) in [6.45, 7) is 3.36. The number of aliphatic hydroxyl groups excluding tert-OH is 1. The lowest BCUT2D eigenvalue weighted by Gasteiger charge is -2.42. The maximum atomic E-state index is 13.6. The van der Waals surface area contributed by atoms with Crippen LogP contribution in [0.4, 0.5) is 0 Å². The summed E-state index contributed by atoms with van der Waals surface area (Å²) >= 11 is 0. The first kappa shape index (κ1) is 29.6. The topological polar surface area (TPSA) is 184 Å². The molecule has 1 heterocycles. The number of hydrogen-bond donors (Lipinski definition) is 5. The molecule has 1 aliphatic heterocycles. The van der Waals surface area contributed by atoms with E-state index in [-0.39, 0.29) is 52.8 Å². The zero-order valence-corrected chi connectivity index (χ0v) is 24.2. The van der Waals surface area contributed by atoms with Crippen molar-refractivity contribution in [2.75, 3.05) is 0 Å². The summed E-state index contributed by atoms with van der Waals surface area (Å²) < 4.78 is 12.2. The van der Waals surface area contributed by atoms with E-state index in [1.165, 1.54) is 24.3 Å². The molecule has 1 saturated carbocycles. The average Bonchev–Trinajstić information content (AvgIpc) is 2.97. The first-order valence-electron chi connectivity index (χ1n) is 14.9. The van der Waals surface area contributed by atoms with Crippen molar-refractivity contribution in [2.24, 2.45) is 15.9 Å². The first-order chi connectivity index (χ1) is 20.5. The van der Waals surface area contributed by atoms with Crippen molar-refractivity contribution >= 4 is 23.0 Å². The number of phenolic OH excluding ortho intramolecular Hbond substituents is 2. The molecule has 0 bridgehead atoms. The Morgan fingerprint density at radius 1 is 1.09 bits per heavy atom. The van der Waals surface area contributed by atoms with Crippen molar-refractivity contribution in [3.8, 4) is 11.5 Å². The maximum Gasteiger partial charge on any atom is 0.201 e. The fourth-order valence-electron chi connectivity index (χ4n) is 6.73. The van der Waals surface area contributed by atoms with Crippen LogP contribution in [-0.2, 0) is 15.9 Å². The van der Waals surface area contributed by atoms with E-state index >= 15 is 0 Å². The van der Waals surface area contributed by atoms with Gasteiger partial charge in [0.1, 0.15) is 17.1 Å². The number of phenols is 2. The third-order valence-corrected chi connectivity index (χ3v) is 9.25. The van der Waals surface area contributed by atoms with Gasteiger partial charge in [0.05, 0.1) is 35.2 Å². The van der Waals surface area contributed by atoms with E-state index in [0.29, 0.717) is 11.3 Å². The lowest BCUT2D eigenvalue weighted by Crippen LogP contribution is -2.52. The van der Waals surface area contributed by atoms with Crippen LogP contribution in [0.3, 0.4) is 0 Å². The van der Waals surface area contributed by atoms with E-state index in [1.54, 1.807) is 13.8 Å². The van der Waals surface area contributed by atoms with Gasteiger partial charge in [0.2, 0.25) is 5.78 Å². The molecule has 2 aromatic rings. The van der Waals surface area contributed by atoms with Gasteiger partial charge in [0.15, 0.2) is 12.1 Å². The number of ether oxygens (including phenoxy) is 2. The third-order valence-electron chi connectivity index (χ3n) is 9.25. The second kappa shape index (κ2) is 11.2. The van der Waals surface area contributed by atoms with Crippen LogP contribution in [0.5, 0.6) is 11.5 Å². The second-order valence-electron chi connectivity index (χ2n) is 12.2. The van der Waals surface area contributed by atoms with Gasteiger partial charge in [0, 0.05) is 47.7 Å². The van der Waals surface area contributed by atoms with Crippen LogP contribution in [0.2, 0.25) is 0 Å². The highest BCUT2D eigenvalue weighted by Gasteiger charge is 2.47. The molecular formula is C32H37N3O8. The lowest BCUT2D eigenvalue weighted by molar-refractivity contribution is -0.245. The van der Waals surface area contributed by atoms with Gasteiger partial charge in [-0.05, 0) is 57.2 Å². The SMILES string of the molecule is C/C(=N\N=C1CCCCC1)C1(O)Cc2cc3c(c(O)c2C(OC2CC(N)C(O)C(C)O2)C1)C(=O)c1c(O)cccc1C3=O. The monoisotopic (exact) mass is 591 g/mol. The Morgan fingerprint density at radius 3 is 2.56 bits per heavy atom. The van der Waals surface area contributed by atoms with Gasteiger partial charge < -0.3 is 35.6 Å². The smallest absolute Gasteiger partial charge is 0.201 e. The molecule has 0 spiro atoms. The van der Waals surface area contributed by atoms with Crippen LogP contribution in [0.25, 0.3) is 0 Å². The first-order valence-corrected chi connectivity index (χ1v) is 14.9. The van der Waals surface area contributed by atoms with E-state index in [4.69, 9.17) is 15.2 Å². The van der Waals surface area contributed by atoms with Gasteiger partial charge in [-0.2, -0.15) is 10.2 Å². The number of nitrogens with zero attached hydrogens (tertiary/aromatic N) is 2. The van der Waals surface area contributed by atoms with E-state index in [2.05, 4.69) is 10.2 Å². The van der Waals surface area contributed by atoms with Gasteiger partial charge in [-0.1, -0.05) is 18.6 Å². The zero-order chi connectivity index (χ0) is 30.6. The number of aromatic hydroxyl groups is 2. The summed E-state index contributed by atoms with van der Waals surface area (Å²) in [5.74, 6) is -2.01. The molecule has 1 saturated heterocycles. The highest BCUT2D eigenvalue weighted by Crippen LogP contribution is 2.48. The summed E-state index contributed by atoms with van der Waals surface area (Å²) in [5, 5.41) is 53.2. The number of carbonyl (C=O) groups is 2. The van der Waals surface area contributed by atoms with Crippen molar-refractivity contribution in [1.82, 2.24) is 0 Å². The summed E-state index contributed by atoms with van der Waals surface area (Å²) in [5.41, 5.74) is 6.18. The molecule has 228 valence electrons. The molecule has 6 unspecified atom stereocenters. The van der Waals surface area contributed by atoms with Gasteiger partial charge in [-0.25, -0.2) is 0 Å². The molecular weight excluding hydrogens is 554 g/mol. The van der Waals surface area contributed by atoms with E-state index < -0.39 is 53.6 Å². The molecule has 0 amide bonds. The average molecular weight is 592 g/mol. The number of carbonyl (C=O) groups excluding carboxylic acids is 2. The van der Waals surface area contributed by atoms with E-state index in [0.717, 1.165) is 37.8 Å². The summed E-state index contributed by atoms with van der Waals surface area (Å²) in [7, 11) is 0. The van der Waals surface area contributed by atoms with Crippen LogP contribution >= 0.6 is 0 Å². The predicted molar refractivity (Wildman–Crippen MR) is 157 cm³/mol. The Balaban J connectivity index is 1.44. The molecule has 6 rings (SSSR count). The van der Waals surface area contributed by atoms with E-state index in [1.807, 2.05) is 0 Å². The predicted octanol–water partition coefficient (Wildman–Crippen LogP) is 3.21. The fraction of sp³-hybridized carbons (Fsp3) is 0.500. The Labute approximate surface area is 249 Å². The Hall–Kier alpha value is -3.48. The van der Waals surface area contributed by atoms with Crippen molar-refractivity contribution in [2.45, 2.75) is 101 Å². The Kier molecular flexibility index (Phi) is 7.72. The minimum absolute atomic E-state index is 0.0161. The molecule has 0 radical (unpaired) electrons. The molecule has 43 heavy (non-hydrogen) atoms. The quantitative estimate of drug-likeness (QED) is 0.224. The second-order valence-corrected chi connectivity index (χ2v) is 12.2. The van der Waals surface area contributed by atoms with Crippen LogP contribution in [0.15, 0.2) is 34.5 Å². The molecule has 11 heteroatoms. The molecule has 3 aliphatic carbocycles. The van der Waals surface area contributed by atoms with Crippen LogP contribution in [0.1, 0.15) is 108 Å². The lowest BCUT2D eigenvalue weighted by atomic mass is 9.72. The summed E-state index contributed by atoms with van der Waals surface area (Å²) in [4.78, 5) is 27.2. The highest BCUT2D eigenvalue weighted by molar-refractivity contribution is 6.30. The highest BCUT2D eigenvalue weighted by atomic mass is 16.7. The van der Waals surface area contributed by atoms with Gasteiger partial charge >= 0.3 is 0 Å². The van der Waals surface area contributed by atoms with Gasteiger partial charge in [-0.3, -0.25) is 9.59 Å². The Morgan fingerprint density at radius 2 is 1.84 bits per heavy atom. The number of aliphatic hydroxyl groups is 2. The Bertz CT molecular complexity index is 1530. The number of nitrogens with two attached hydrogens (primary N) is 1. The number of ketones is 2. The van der Waals surface area contributed by atoms with Crippen molar-refractivity contribution in [1.29, 1.82) is 0 Å². The minimum atomic E-state index is -1.56. The number of rotatable bonds is 4. The number of hydrogen-bond acceptors (Lipinski definition) is 11. The van der Waals surface area contributed by atoms with E-state index in [9.17, 15) is 30.0 Å². The molecule has 2 aromatic carbocycles. The van der Waals surface area contributed by atoms with Crippen LogP contribution < -0.4 is 5.73 Å². The van der Waals surface area contributed by atoms with Crippen molar-refractivity contribution < 1.29 is 39.5 Å². The normalized spacial score (nSPS) is 30.9. The standard InChI is InChI=1S/C32H37N3O8/c1-15-28(37)21(33)12-24(42-15)43-23-14-32(41,16(2)34-35-18-7-4-3-5-8-18)13-17-11-20-27(30(39)25(17)23)31(40)26-19(29(20)38)9-6-10-22(26)36/h6,9-11,15,21,23-24,28,36-37,39,41H,3-5,7-8,12-14,33H2,1-2H3/b34-16+. The van der Waals surface area contributed by atoms with Crippen molar-refractivity contribution in [3.63, 3.8) is 0 Å². The third kappa shape index (κ3) is 5.19.